The van der Waals surface area contributed by atoms with E-state index in [9.17, 15) is 9.90 Å². The molecule has 0 amide bonds. The van der Waals surface area contributed by atoms with Crippen LogP contribution in [0.25, 0.3) is 5.57 Å². The maximum atomic E-state index is 11.2. The fourth-order valence-corrected chi connectivity index (χ4v) is 3.01. The normalized spacial score (nSPS) is 11.3. The molecule has 0 aliphatic rings. The van der Waals surface area contributed by atoms with Crippen LogP contribution in [0, 0.1) is 6.92 Å². The van der Waals surface area contributed by atoms with Gasteiger partial charge in [-0.1, -0.05) is 36.4 Å². The third-order valence-corrected chi connectivity index (χ3v) is 4.29. The fourth-order valence-electron chi connectivity index (χ4n) is 2.22. The highest BCUT2D eigenvalue weighted by Crippen LogP contribution is 2.27. The molecule has 2 heterocycles. The molecule has 0 saturated carbocycles. The Balaban J connectivity index is 1.86. The summed E-state index contributed by atoms with van der Waals surface area (Å²) < 4.78 is 5.73. The molecular formula is C19H16N2O3S. The molecule has 0 aliphatic carbocycles. The van der Waals surface area contributed by atoms with Gasteiger partial charge in [0.1, 0.15) is 11.6 Å². The minimum absolute atomic E-state index is 0.394. The number of thiazole rings is 1. The number of aryl methyl sites for hydroxylation is 1. The summed E-state index contributed by atoms with van der Waals surface area (Å²) in [5.74, 6) is -0.605. The van der Waals surface area contributed by atoms with Crippen LogP contribution in [-0.4, -0.2) is 21.0 Å². The zero-order valence-corrected chi connectivity index (χ0v) is 14.4. The number of carbonyl (C=O) groups is 1. The number of aliphatic carboxylic acids is 1. The van der Waals surface area contributed by atoms with Crippen molar-refractivity contribution in [2.75, 3.05) is 0 Å². The number of aromatic nitrogens is 2. The Bertz CT molecular complexity index is 904. The summed E-state index contributed by atoms with van der Waals surface area (Å²) in [6.07, 6.45) is 2.84. The first-order valence-corrected chi connectivity index (χ1v) is 8.45. The number of pyridine rings is 1. The molecule has 0 unspecified atom stereocenters. The van der Waals surface area contributed by atoms with E-state index in [1.54, 1.807) is 24.4 Å². The highest BCUT2D eigenvalue weighted by atomic mass is 32.1. The molecule has 3 rings (SSSR count). The van der Waals surface area contributed by atoms with Crippen molar-refractivity contribution in [3.05, 3.63) is 81.9 Å². The fraction of sp³-hybridized carbons (Fsp3) is 0.105. The number of rotatable bonds is 6. The summed E-state index contributed by atoms with van der Waals surface area (Å²) in [6.45, 7) is 2.32. The van der Waals surface area contributed by atoms with Gasteiger partial charge in [0.25, 0.3) is 0 Å². The second kappa shape index (κ2) is 7.72. The van der Waals surface area contributed by atoms with Crippen LogP contribution in [0.1, 0.15) is 21.1 Å². The van der Waals surface area contributed by atoms with Crippen LogP contribution >= 0.6 is 11.3 Å². The van der Waals surface area contributed by atoms with E-state index in [0.29, 0.717) is 28.8 Å². The van der Waals surface area contributed by atoms with Gasteiger partial charge in [-0.3, -0.25) is 0 Å². The summed E-state index contributed by atoms with van der Waals surface area (Å²) >= 11 is 1.43. The molecule has 0 fully saturated rings. The molecule has 2 aromatic heterocycles. The number of ether oxygens (including phenoxy) is 1. The molecule has 0 aliphatic heterocycles. The average Bonchev–Trinajstić information content (AvgIpc) is 3.05. The SMILES string of the molecule is Cc1cnc(/C(=C\C(=O)O)c2cccc(OCc3ccccc3)n2)s1. The zero-order chi connectivity index (χ0) is 17.6. The van der Waals surface area contributed by atoms with Crippen molar-refractivity contribution in [2.45, 2.75) is 13.5 Å². The molecule has 0 spiro atoms. The maximum Gasteiger partial charge on any atom is 0.329 e. The van der Waals surface area contributed by atoms with Crippen molar-refractivity contribution >= 4 is 22.9 Å². The second-order valence-electron chi connectivity index (χ2n) is 5.31. The van der Waals surface area contributed by atoms with Crippen LogP contribution in [0.3, 0.4) is 0 Å². The largest absolute Gasteiger partial charge is 0.478 e. The van der Waals surface area contributed by atoms with Crippen LogP contribution in [0.2, 0.25) is 0 Å². The maximum absolute atomic E-state index is 11.2. The first-order chi connectivity index (χ1) is 12.1. The van der Waals surface area contributed by atoms with Gasteiger partial charge in [0.15, 0.2) is 0 Å². The molecule has 1 N–H and O–H groups in total. The molecule has 126 valence electrons. The molecule has 0 saturated heterocycles. The summed E-state index contributed by atoms with van der Waals surface area (Å²) in [7, 11) is 0. The Labute approximate surface area is 149 Å². The Morgan fingerprint density at radius 1 is 1.20 bits per heavy atom. The van der Waals surface area contributed by atoms with Crippen molar-refractivity contribution in [1.82, 2.24) is 9.97 Å². The van der Waals surface area contributed by atoms with E-state index < -0.39 is 5.97 Å². The Kier molecular flexibility index (Phi) is 5.20. The van der Waals surface area contributed by atoms with Gasteiger partial charge in [0.2, 0.25) is 5.88 Å². The second-order valence-corrected chi connectivity index (χ2v) is 6.54. The van der Waals surface area contributed by atoms with Gasteiger partial charge >= 0.3 is 5.97 Å². The number of hydrogen-bond acceptors (Lipinski definition) is 5. The predicted octanol–water partition coefficient (Wildman–Crippen LogP) is 3.94. The number of carboxylic acid groups (broad SMARTS) is 1. The summed E-state index contributed by atoms with van der Waals surface area (Å²) in [5, 5.41) is 9.79. The molecule has 0 atom stereocenters. The third-order valence-electron chi connectivity index (χ3n) is 3.35. The lowest BCUT2D eigenvalue weighted by molar-refractivity contribution is -0.131. The predicted molar refractivity (Wildman–Crippen MR) is 96.6 cm³/mol. The highest BCUT2D eigenvalue weighted by Gasteiger charge is 2.13. The van der Waals surface area contributed by atoms with Crippen molar-refractivity contribution in [3.8, 4) is 5.88 Å². The van der Waals surface area contributed by atoms with Crippen LogP contribution < -0.4 is 4.74 Å². The van der Waals surface area contributed by atoms with Gasteiger partial charge in [0.05, 0.1) is 5.69 Å². The zero-order valence-electron chi connectivity index (χ0n) is 13.5. The van der Waals surface area contributed by atoms with E-state index in [4.69, 9.17) is 4.74 Å². The van der Waals surface area contributed by atoms with Crippen molar-refractivity contribution in [1.29, 1.82) is 0 Å². The lowest BCUT2D eigenvalue weighted by Crippen LogP contribution is -2.00. The van der Waals surface area contributed by atoms with E-state index in [2.05, 4.69) is 9.97 Å². The summed E-state index contributed by atoms with van der Waals surface area (Å²) in [5.41, 5.74) is 2.02. The van der Waals surface area contributed by atoms with Gasteiger partial charge in [0, 0.05) is 28.8 Å². The Hall–Kier alpha value is -2.99. The summed E-state index contributed by atoms with van der Waals surface area (Å²) in [6, 6.07) is 15.1. The average molecular weight is 352 g/mol. The summed E-state index contributed by atoms with van der Waals surface area (Å²) in [4.78, 5) is 20.9. The first kappa shape index (κ1) is 16.9. The molecule has 5 nitrogen and oxygen atoms in total. The van der Waals surface area contributed by atoms with E-state index >= 15 is 0 Å². The molecule has 25 heavy (non-hydrogen) atoms. The molecule has 3 aromatic rings. The standard InChI is InChI=1S/C19H16N2O3S/c1-13-11-20-19(25-13)15(10-18(22)23)16-8-5-9-17(21-16)24-12-14-6-3-2-4-7-14/h2-11H,12H2,1H3,(H,22,23)/b15-10-. The van der Waals surface area contributed by atoms with Crippen LogP contribution in [0.15, 0.2) is 60.8 Å². The van der Waals surface area contributed by atoms with Crippen LogP contribution in [0.5, 0.6) is 5.88 Å². The van der Waals surface area contributed by atoms with Crippen molar-refractivity contribution < 1.29 is 14.6 Å². The smallest absolute Gasteiger partial charge is 0.329 e. The van der Waals surface area contributed by atoms with Gasteiger partial charge in [-0.15, -0.1) is 11.3 Å². The van der Waals surface area contributed by atoms with Gasteiger partial charge in [-0.2, -0.15) is 0 Å². The molecular weight excluding hydrogens is 336 g/mol. The lowest BCUT2D eigenvalue weighted by Gasteiger charge is -2.08. The van der Waals surface area contributed by atoms with Crippen molar-refractivity contribution in [3.63, 3.8) is 0 Å². The van der Waals surface area contributed by atoms with Crippen molar-refractivity contribution in [2.24, 2.45) is 0 Å². The van der Waals surface area contributed by atoms with Crippen LogP contribution in [-0.2, 0) is 11.4 Å². The minimum atomic E-state index is -1.04. The van der Waals surface area contributed by atoms with Gasteiger partial charge < -0.3 is 9.84 Å². The van der Waals surface area contributed by atoms with Gasteiger partial charge in [-0.25, -0.2) is 14.8 Å². The van der Waals surface area contributed by atoms with Crippen LogP contribution in [0.4, 0.5) is 0 Å². The van der Waals surface area contributed by atoms with Gasteiger partial charge in [-0.05, 0) is 18.6 Å². The number of hydrogen-bond donors (Lipinski definition) is 1. The number of nitrogens with zero attached hydrogens (tertiary/aromatic N) is 2. The highest BCUT2D eigenvalue weighted by molar-refractivity contribution is 7.12. The number of benzene rings is 1. The Morgan fingerprint density at radius 2 is 2.00 bits per heavy atom. The monoisotopic (exact) mass is 352 g/mol. The number of carboxylic acids is 1. The Morgan fingerprint density at radius 3 is 2.68 bits per heavy atom. The molecule has 0 bridgehead atoms. The van der Waals surface area contributed by atoms with E-state index in [0.717, 1.165) is 16.5 Å². The third kappa shape index (κ3) is 4.51. The van der Waals surface area contributed by atoms with E-state index in [-0.39, 0.29) is 0 Å². The molecule has 1 aromatic carbocycles. The van der Waals surface area contributed by atoms with E-state index in [1.165, 1.54) is 11.3 Å². The quantitative estimate of drug-likeness (QED) is 0.680. The minimum Gasteiger partial charge on any atom is -0.478 e. The lowest BCUT2D eigenvalue weighted by atomic mass is 10.1. The molecule has 6 heteroatoms. The molecule has 0 radical (unpaired) electrons. The topological polar surface area (TPSA) is 72.3 Å². The first-order valence-electron chi connectivity index (χ1n) is 7.63. The van der Waals surface area contributed by atoms with E-state index in [1.807, 2.05) is 37.3 Å².